The smallest absolute Gasteiger partial charge is 0.407 e. The van der Waals surface area contributed by atoms with Gasteiger partial charge in [-0.2, -0.15) is 0 Å². The third kappa shape index (κ3) is 8.52. The van der Waals surface area contributed by atoms with Gasteiger partial charge in [-0.25, -0.2) is 4.79 Å². The lowest BCUT2D eigenvalue weighted by atomic mass is 9.95. The van der Waals surface area contributed by atoms with Gasteiger partial charge >= 0.3 is 6.09 Å². The third-order valence-electron chi connectivity index (χ3n) is 7.40. The van der Waals surface area contributed by atoms with E-state index in [4.69, 9.17) is 4.74 Å². The third-order valence-corrected chi connectivity index (χ3v) is 7.40. The summed E-state index contributed by atoms with van der Waals surface area (Å²) < 4.78 is 5.33. The molecule has 41 heavy (non-hydrogen) atoms. The predicted molar refractivity (Wildman–Crippen MR) is 155 cm³/mol. The topological polar surface area (TPSA) is 134 Å². The number of rotatable bonds is 14. The SMILES string of the molecule is C=CCCC(NC(=O)[C@@H]1CCCN1C(=O)[C@@H](NC(=O)OCC(C)C)C1Cc2ccccc2C1)C(=O)C(=O)NCC=C. The Hall–Kier alpha value is -3.95. The van der Waals surface area contributed by atoms with Crippen LogP contribution in [-0.2, 0) is 36.8 Å². The molecule has 2 aliphatic rings. The van der Waals surface area contributed by atoms with Crippen molar-refractivity contribution in [3.05, 3.63) is 60.7 Å². The number of carbonyl (C=O) groups excluding carboxylic acids is 5. The molecule has 1 aliphatic carbocycles. The molecular formula is C31H42N4O6. The van der Waals surface area contributed by atoms with Crippen LogP contribution in [0.25, 0.3) is 0 Å². The van der Waals surface area contributed by atoms with Crippen molar-refractivity contribution in [2.24, 2.45) is 11.8 Å². The van der Waals surface area contributed by atoms with Crippen LogP contribution in [0, 0.1) is 11.8 Å². The van der Waals surface area contributed by atoms with E-state index in [2.05, 4.69) is 29.1 Å². The van der Waals surface area contributed by atoms with Gasteiger partial charge in [-0.05, 0) is 61.5 Å². The number of hydrogen-bond acceptors (Lipinski definition) is 6. The first-order valence-electron chi connectivity index (χ1n) is 14.3. The van der Waals surface area contributed by atoms with Crippen molar-refractivity contribution in [3.63, 3.8) is 0 Å². The van der Waals surface area contributed by atoms with E-state index in [1.165, 1.54) is 11.0 Å². The minimum atomic E-state index is -1.06. The van der Waals surface area contributed by atoms with Gasteiger partial charge in [0, 0.05) is 13.1 Å². The molecule has 10 heteroatoms. The molecule has 0 aromatic heterocycles. The standard InChI is InChI=1S/C31H42N4O6/c1-5-7-13-24(27(36)29(38)32-15-6-2)33-28(37)25-14-10-16-35(25)30(39)26(34-31(40)41-19-20(3)4)23-17-21-11-8-9-12-22(21)18-23/h5-6,8-9,11-12,20,23-26H,1-2,7,10,13-19H2,3-4H3,(H,32,38)(H,33,37)(H,34,40)/t24?,25-,26-/m0/s1. The van der Waals surface area contributed by atoms with Crippen molar-refractivity contribution in [3.8, 4) is 0 Å². The first kappa shape index (κ1) is 31.6. The molecule has 0 radical (unpaired) electrons. The van der Waals surface area contributed by atoms with Crippen LogP contribution in [0.4, 0.5) is 4.79 Å². The van der Waals surface area contributed by atoms with Crippen molar-refractivity contribution in [2.45, 2.75) is 70.5 Å². The second kappa shape index (κ2) is 15.2. The lowest BCUT2D eigenvalue weighted by Gasteiger charge is -2.32. The van der Waals surface area contributed by atoms with E-state index in [0.717, 1.165) is 11.1 Å². The number of carbonyl (C=O) groups is 5. The van der Waals surface area contributed by atoms with Gasteiger partial charge in [0.15, 0.2) is 0 Å². The number of benzene rings is 1. The lowest BCUT2D eigenvalue weighted by Crippen LogP contribution is -2.58. The van der Waals surface area contributed by atoms with Crippen molar-refractivity contribution in [2.75, 3.05) is 19.7 Å². The number of ether oxygens (including phenoxy) is 1. The Morgan fingerprint density at radius 2 is 1.73 bits per heavy atom. The molecule has 1 aromatic carbocycles. The van der Waals surface area contributed by atoms with Crippen LogP contribution in [0.15, 0.2) is 49.6 Å². The number of nitrogens with one attached hydrogen (secondary N) is 3. The van der Waals surface area contributed by atoms with Gasteiger partial charge in [-0.3, -0.25) is 19.2 Å². The van der Waals surface area contributed by atoms with E-state index >= 15 is 0 Å². The van der Waals surface area contributed by atoms with Crippen LogP contribution < -0.4 is 16.0 Å². The molecule has 1 saturated heterocycles. The van der Waals surface area contributed by atoms with Crippen molar-refractivity contribution < 1.29 is 28.7 Å². The highest BCUT2D eigenvalue weighted by Gasteiger charge is 2.43. The largest absolute Gasteiger partial charge is 0.449 e. The summed E-state index contributed by atoms with van der Waals surface area (Å²) in [7, 11) is 0. The molecule has 1 heterocycles. The number of nitrogens with zero attached hydrogens (tertiary/aromatic N) is 1. The highest BCUT2D eigenvalue weighted by atomic mass is 16.5. The van der Waals surface area contributed by atoms with Gasteiger partial charge in [0.1, 0.15) is 12.1 Å². The van der Waals surface area contributed by atoms with E-state index in [1.807, 2.05) is 38.1 Å². The summed E-state index contributed by atoms with van der Waals surface area (Å²) in [5, 5.41) is 7.95. The molecule has 3 atom stereocenters. The Kier molecular flexibility index (Phi) is 11.7. The molecule has 1 aromatic rings. The number of alkyl carbamates (subject to hydrolysis) is 1. The zero-order valence-corrected chi connectivity index (χ0v) is 24.0. The van der Waals surface area contributed by atoms with Crippen LogP contribution in [0.1, 0.15) is 50.7 Å². The molecule has 0 saturated carbocycles. The zero-order chi connectivity index (χ0) is 29.9. The molecule has 3 rings (SSSR count). The molecule has 1 fully saturated rings. The fraction of sp³-hybridized carbons (Fsp3) is 0.516. The number of amides is 4. The summed E-state index contributed by atoms with van der Waals surface area (Å²) in [5.74, 6) is -2.53. The highest BCUT2D eigenvalue weighted by Crippen LogP contribution is 2.31. The maximum absolute atomic E-state index is 14.0. The van der Waals surface area contributed by atoms with E-state index in [9.17, 15) is 24.0 Å². The predicted octanol–water partition coefficient (Wildman–Crippen LogP) is 2.47. The molecule has 4 amide bonds. The van der Waals surface area contributed by atoms with Gasteiger partial charge in [0.25, 0.3) is 5.91 Å². The van der Waals surface area contributed by atoms with Gasteiger partial charge < -0.3 is 25.6 Å². The minimum absolute atomic E-state index is 0.122. The van der Waals surface area contributed by atoms with Crippen LogP contribution in [0.3, 0.4) is 0 Å². The summed E-state index contributed by atoms with van der Waals surface area (Å²) in [6.07, 6.45) is 5.20. The normalized spacial score (nSPS) is 17.7. The Balaban J connectivity index is 1.77. The molecule has 10 nitrogen and oxygen atoms in total. The zero-order valence-electron chi connectivity index (χ0n) is 24.0. The Morgan fingerprint density at radius 1 is 1.05 bits per heavy atom. The van der Waals surface area contributed by atoms with Crippen molar-refractivity contribution in [1.82, 2.24) is 20.9 Å². The van der Waals surface area contributed by atoms with Crippen molar-refractivity contribution in [1.29, 1.82) is 0 Å². The number of likely N-dealkylation sites (tertiary alicyclic amines) is 1. The average molecular weight is 567 g/mol. The van der Waals surface area contributed by atoms with E-state index in [-0.39, 0.29) is 37.3 Å². The average Bonchev–Trinajstić information content (AvgIpc) is 3.62. The molecule has 0 spiro atoms. The quantitative estimate of drug-likeness (QED) is 0.234. The summed E-state index contributed by atoms with van der Waals surface area (Å²) in [6, 6.07) is 5.15. The maximum atomic E-state index is 14.0. The van der Waals surface area contributed by atoms with Gasteiger partial charge in [-0.1, -0.05) is 50.3 Å². The molecular weight excluding hydrogens is 524 g/mol. The number of hydrogen-bond donors (Lipinski definition) is 3. The van der Waals surface area contributed by atoms with E-state index in [0.29, 0.717) is 38.6 Å². The number of allylic oxidation sites excluding steroid dienone is 1. The summed E-state index contributed by atoms with van der Waals surface area (Å²) in [4.78, 5) is 66.8. The maximum Gasteiger partial charge on any atom is 0.407 e. The Bertz CT molecular complexity index is 1120. The Morgan fingerprint density at radius 3 is 2.34 bits per heavy atom. The second-order valence-electron chi connectivity index (χ2n) is 11.0. The first-order valence-corrected chi connectivity index (χ1v) is 14.3. The van der Waals surface area contributed by atoms with Gasteiger partial charge in [0.2, 0.25) is 17.6 Å². The van der Waals surface area contributed by atoms with E-state index in [1.54, 1.807) is 6.08 Å². The summed E-state index contributed by atoms with van der Waals surface area (Å²) >= 11 is 0. The number of fused-ring (bicyclic) bond motifs is 1. The fourth-order valence-corrected chi connectivity index (χ4v) is 5.33. The summed E-state index contributed by atoms with van der Waals surface area (Å²) in [5.41, 5.74) is 2.25. The second-order valence-corrected chi connectivity index (χ2v) is 11.0. The highest BCUT2D eigenvalue weighted by molar-refractivity contribution is 6.38. The molecule has 222 valence electrons. The minimum Gasteiger partial charge on any atom is -0.449 e. The van der Waals surface area contributed by atoms with Gasteiger partial charge in [-0.15, -0.1) is 13.2 Å². The fourth-order valence-electron chi connectivity index (χ4n) is 5.33. The Labute approximate surface area is 241 Å². The van der Waals surface area contributed by atoms with Crippen LogP contribution >= 0.6 is 0 Å². The molecule has 1 aliphatic heterocycles. The number of Topliss-reactive ketones (excluding diaryl/α,β-unsaturated/α-hetero) is 1. The van der Waals surface area contributed by atoms with Crippen LogP contribution in [-0.4, -0.2) is 72.3 Å². The van der Waals surface area contributed by atoms with Crippen LogP contribution in [0.5, 0.6) is 0 Å². The molecule has 0 bridgehead atoms. The monoisotopic (exact) mass is 566 g/mol. The van der Waals surface area contributed by atoms with Crippen LogP contribution in [0.2, 0.25) is 0 Å². The summed E-state index contributed by atoms with van der Waals surface area (Å²) in [6.45, 7) is 11.7. The lowest BCUT2D eigenvalue weighted by molar-refractivity contribution is -0.143. The first-order chi connectivity index (χ1) is 19.7. The van der Waals surface area contributed by atoms with Gasteiger partial charge in [0.05, 0.1) is 12.6 Å². The van der Waals surface area contributed by atoms with Crippen molar-refractivity contribution >= 4 is 29.6 Å². The number of ketones is 1. The van der Waals surface area contributed by atoms with E-state index < -0.39 is 41.8 Å². The molecule has 3 N–H and O–H groups in total. The molecule has 1 unspecified atom stereocenters.